The van der Waals surface area contributed by atoms with Gasteiger partial charge in [-0.2, -0.15) is 0 Å². The zero-order valence-corrected chi connectivity index (χ0v) is 11.1. The van der Waals surface area contributed by atoms with Gasteiger partial charge in [-0.05, 0) is 32.5 Å². The minimum Gasteiger partial charge on any atom is -0.352 e. The van der Waals surface area contributed by atoms with Crippen LogP contribution in [0.2, 0.25) is 0 Å². The first kappa shape index (κ1) is 16.4. The molecule has 5 nitrogen and oxygen atoms in total. The first-order chi connectivity index (χ1) is 8.52. The second-order valence-corrected chi connectivity index (χ2v) is 4.05. The van der Waals surface area contributed by atoms with Crippen LogP contribution < -0.4 is 11.1 Å². The Morgan fingerprint density at radius 3 is 2.61 bits per heavy atom. The number of hydrogen-bond acceptors (Lipinski definition) is 3. The van der Waals surface area contributed by atoms with Crippen LogP contribution in [0.4, 0.5) is 0 Å². The fourth-order valence-electron chi connectivity index (χ4n) is 1.32. The monoisotopic (exact) mass is 253 g/mol. The zero-order valence-electron chi connectivity index (χ0n) is 11.1. The fourth-order valence-corrected chi connectivity index (χ4v) is 1.32. The molecular formula is C13H23N3O2. The third-order valence-electron chi connectivity index (χ3n) is 2.38. The molecule has 1 heterocycles. The highest BCUT2D eigenvalue weighted by atomic mass is 16.2. The Labute approximate surface area is 109 Å². The van der Waals surface area contributed by atoms with Crippen molar-refractivity contribution < 1.29 is 9.59 Å². The smallest absolute Gasteiger partial charge is 0.246 e. The lowest BCUT2D eigenvalue weighted by Gasteiger charge is -2.05. The number of carbonyl (C=O) groups is 2. The average molecular weight is 253 g/mol. The van der Waals surface area contributed by atoms with E-state index in [1.54, 1.807) is 18.0 Å². The molecule has 0 radical (unpaired) electrons. The number of carbonyl (C=O) groups excluding carboxylic acids is 2. The third kappa shape index (κ3) is 6.85. The van der Waals surface area contributed by atoms with E-state index in [4.69, 9.17) is 5.73 Å². The van der Waals surface area contributed by atoms with Crippen LogP contribution in [-0.4, -0.2) is 36.3 Å². The quantitative estimate of drug-likeness (QED) is 0.561. The summed E-state index contributed by atoms with van der Waals surface area (Å²) in [5.74, 6) is 0.119. The second-order valence-electron chi connectivity index (χ2n) is 4.05. The number of hydrogen-bond donors (Lipinski definition) is 2. The molecule has 0 atom stereocenters. The molecule has 5 heteroatoms. The number of likely N-dealkylation sites (tertiary alicyclic amines) is 1. The maximum absolute atomic E-state index is 10.8. The van der Waals surface area contributed by atoms with Gasteiger partial charge in [0.15, 0.2) is 0 Å². The number of nitrogens with zero attached hydrogens (tertiary/aromatic N) is 1. The Kier molecular flexibility index (Phi) is 8.57. The summed E-state index contributed by atoms with van der Waals surface area (Å²) in [7, 11) is 0. The number of amides is 2. The molecule has 2 amide bonds. The van der Waals surface area contributed by atoms with Crippen molar-refractivity contribution in [2.45, 2.75) is 26.2 Å². The SMILES string of the molecule is C=C(C)C(=O)NCCCN.C=CN1CCCC1=O. The highest BCUT2D eigenvalue weighted by molar-refractivity contribution is 5.91. The van der Waals surface area contributed by atoms with Crippen molar-refractivity contribution >= 4 is 11.8 Å². The van der Waals surface area contributed by atoms with E-state index in [0.717, 1.165) is 19.4 Å². The maximum Gasteiger partial charge on any atom is 0.246 e. The van der Waals surface area contributed by atoms with Crippen molar-refractivity contribution in [3.05, 3.63) is 24.9 Å². The van der Waals surface area contributed by atoms with Gasteiger partial charge in [0.2, 0.25) is 11.8 Å². The molecule has 3 N–H and O–H groups in total. The van der Waals surface area contributed by atoms with E-state index in [-0.39, 0.29) is 11.8 Å². The molecule has 102 valence electrons. The molecular weight excluding hydrogens is 230 g/mol. The highest BCUT2D eigenvalue weighted by Crippen LogP contribution is 2.08. The van der Waals surface area contributed by atoms with E-state index < -0.39 is 0 Å². The van der Waals surface area contributed by atoms with Crippen molar-refractivity contribution in [3.8, 4) is 0 Å². The molecule has 0 spiro atoms. The van der Waals surface area contributed by atoms with E-state index in [0.29, 0.717) is 25.1 Å². The molecule has 1 fully saturated rings. The van der Waals surface area contributed by atoms with E-state index in [2.05, 4.69) is 18.5 Å². The predicted molar refractivity (Wildman–Crippen MR) is 72.6 cm³/mol. The van der Waals surface area contributed by atoms with E-state index >= 15 is 0 Å². The van der Waals surface area contributed by atoms with Crippen LogP contribution in [0.15, 0.2) is 24.9 Å². The van der Waals surface area contributed by atoms with Crippen LogP contribution in [-0.2, 0) is 9.59 Å². The van der Waals surface area contributed by atoms with Gasteiger partial charge in [0.05, 0.1) is 0 Å². The lowest BCUT2D eigenvalue weighted by molar-refractivity contribution is -0.125. The first-order valence-electron chi connectivity index (χ1n) is 6.08. The number of rotatable bonds is 5. The van der Waals surface area contributed by atoms with Gasteiger partial charge in [-0.3, -0.25) is 9.59 Å². The summed E-state index contributed by atoms with van der Waals surface area (Å²) >= 11 is 0. The standard InChI is InChI=1S/C7H14N2O.C6H9NO/c1-6(2)7(10)9-5-3-4-8;1-2-7-5-3-4-6(7)8/h1,3-5,8H2,2H3,(H,9,10);2H,1,3-5H2. The van der Waals surface area contributed by atoms with Crippen LogP contribution in [0.1, 0.15) is 26.2 Å². The Morgan fingerprint density at radius 1 is 1.61 bits per heavy atom. The predicted octanol–water partition coefficient (Wildman–Crippen LogP) is 0.780. The van der Waals surface area contributed by atoms with E-state index in [1.807, 2.05) is 0 Å². The van der Waals surface area contributed by atoms with Gasteiger partial charge >= 0.3 is 0 Å². The lowest BCUT2D eigenvalue weighted by Crippen LogP contribution is -2.26. The van der Waals surface area contributed by atoms with Gasteiger partial charge in [-0.15, -0.1) is 0 Å². The van der Waals surface area contributed by atoms with Crippen molar-refractivity contribution in [1.82, 2.24) is 10.2 Å². The molecule has 0 aromatic heterocycles. The molecule has 0 aromatic carbocycles. The van der Waals surface area contributed by atoms with Crippen LogP contribution in [0.3, 0.4) is 0 Å². The van der Waals surface area contributed by atoms with E-state index in [9.17, 15) is 9.59 Å². The lowest BCUT2D eigenvalue weighted by atomic mass is 10.3. The largest absolute Gasteiger partial charge is 0.352 e. The second kappa shape index (κ2) is 9.41. The minimum atomic E-state index is -0.0894. The summed E-state index contributed by atoms with van der Waals surface area (Å²) in [5, 5.41) is 2.66. The summed E-state index contributed by atoms with van der Waals surface area (Å²) in [6, 6.07) is 0. The normalized spacial score (nSPS) is 13.7. The molecule has 0 bridgehead atoms. The molecule has 0 aliphatic carbocycles. The molecule has 0 aromatic rings. The Hall–Kier alpha value is -1.62. The molecule has 1 aliphatic heterocycles. The fraction of sp³-hybridized carbons (Fsp3) is 0.538. The van der Waals surface area contributed by atoms with Crippen LogP contribution >= 0.6 is 0 Å². The first-order valence-corrected chi connectivity index (χ1v) is 6.08. The minimum absolute atomic E-state index is 0.0894. The van der Waals surface area contributed by atoms with Crippen molar-refractivity contribution in [1.29, 1.82) is 0 Å². The van der Waals surface area contributed by atoms with Gasteiger partial charge in [0.1, 0.15) is 0 Å². The molecule has 1 saturated heterocycles. The van der Waals surface area contributed by atoms with Crippen LogP contribution in [0, 0.1) is 0 Å². The molecule has 1 rings (SSSR count). The van der Waals surface area contributed by atoms with Crippen LogP contribution in [0.5, 0.6) is 0 Å². The zero-order chi connectivity index (χ0) is 14.0. The van der Waals surface area contributed by atoms with Gasteiger partial charge in [0, 0.05) is 25.1 Å². The molecule has 1 aliphatic rings. The van der Waals surface area contributed by atoms with Gasteiger partial charge in [0.25, 0.3) is 0 Å². The molecule has 0 unspecified atom stereocenters. The summed E-state index contributed by atoms with van der Waals surface area (Å²) < 4.78 is 0. The van der Waals surface area contributed by atoms with Crippen molar-refractivity contribution in [2.24, 2.45) is 5.73 Å². The molecule has 0 saturated carbocycles. The number of nitrogens with one attached hydrogen (secondary N) is 1. The van der Waals surface area contributed by atoms with Crippen LogP contribution in [0.25, 0.3) is 0 Å². The van der Waals surface area contributed by atoms with E-state index in [1.165, 1.54) is 0 Å². The number of nitrogens with two attached hydrogens (primary N) is 1. The summed E-state index contributed by atoms with van der Waals surface area (Å²) in [6.07, 6.45) is 4.10. The topological polar surface area (TPSA) is 75.4 Å². The molecule has 18 heavy (non-hydrogen) atoms. The highest BCUT2D eigenvalue weighted by Gasteiger charge is 2.15. The average Bonchev–Trinajstić information content (AvgIpc) is 2.75. The van der Waals surface area contributed by atoms with Gasteiger partial charge in [-0.25, -0.2) is 0 Å². The Morgan fingerprint density at radius 2 is 2.28 bits per heavy atom. The summed E-state index contributed by atoms with van der Waals surface area (Å²) in [5.41, 5.74) is 5.76. The third-order valence-corrected chi connectivity index (χ3v) is 2.38. The van der Waals surface area contributed by atoms with Gasteiger partial charge in [-0.1, -0.05) is 13.2 Å². The Balaban J connectivity index is 0.000000327. The van der Waals surface area contributed by atoms with Crippen molar-refractivity contribution in [3.63, 3.8) is 0 Å². The summed E-state index contributed by atoms with van der Waals surface area (Å²) in [4.78, 5) is 23.1. The Bertz CT molecular complexity index is 313. The summed E-state index contributed by atoms with van der Waals surface area (Å²) in [6.45, 7) is 10.8. The maximum atomic E-state index is 10.8. The van der Waals surface area contributed by atoms with Crippen molar-refractivity contribution in [2.75, 3.05) is 19.6 Å². The van der Waals surface area contributed by atoms with Gasteiger partial charge < -0.3 is 16.0 Å².